The van der Waals surface area contributed by atoms with Crippen molar-refractivity contribution >= 4 is 23.5 Å². The van der Waals surface area contributed by atoms with Crippen LogP contribution in [0.25, 0.3) is 6.08 Å². The molecule has 0 fully saturated rings. The van der Waals surface area contributed by atoms with Crippen LogP contribution in [0.3, 0.4) is 0 Å². The van der Waals surface area contributed by atoms with Crippen molar-refractivity contribution in [3.63, 3.8) is 0 Å². The van der Waals surface area contributed by atoms with E-state index >= 15 is 0 Å². The monoisotopic (exact) mass is 456 g/mol. The van der Waals surface area contributed by atoms with E-state index in [0.29, 0.717) is 40.7 Å². The summed E-state index contributed by atoms with van der Waals surface area (Å²) in [5, 5.41) is 12.3. The van der Waals surface area contributed by atoms with E-state index in [1.54, 1.807) is 54.6 Å². The Hall–Kier alpha value is -4.57. The minimum Gasteiger partial charge on any atom is -0.497 e. The fourth-order valence-electron chi connectivity index (χ4n) is 3.10. The van der Waals surface area contributed by atoms with Crippen molar-refractivity contribution in [2.45, 2.75) is 6.92 Å². The number of carbonyl (C=O) groups is 2. The maximum atomic E-state index is 12.8. The van der Waals surface area contributed by atoms with Crippen LogP contribution in [0, 0.1) is 11.3 Å². The normalized spacial score (nSPS) is 10.7. The van der Waals surface area contributed by atoms with Gasteiger partial charge in [-0.15, -0.1) is 0 Å². The fourth-order valence-corrected chi connectivity index (χ4v) is 3.10. The minimum absolute atomic E-state index is 0.0355. The third kappa shape index (κ3) is 6.47. The number of ketones is 1. The van der Waals surface area contributed by atoms with Gasteiger partial charge in [0, 0.05) is 11.3 Å². The maximum absolute atomic E-state index is 12.8. The van der Waals surface area contributed by atoms with E-state index in [1.807, 2.05) is 31.2 Å². The van der Waals surface area contributed by atoms with Gasteiger partial charge < -0.3 is 19.5 Å². The molecule has 7 heteroatoms. The highest BCUT2D eigenvalue weighted by atomic mass is 16.5. The van der Waals surface area contributed by atoms with Crippen molar-refractivity contribution in [2.24, 2.45) is 0 Å². The number of Topliss-reactive ketones (excluding diaryl/α,β-unsaturated/α-hetero) is 1. The molecule has 0 aliphatic carbocycles. The number of nitriles is 1. The molecule has 34 heavy (non-hydrogen) atoms. The Labute approximate surface area is 198 Å². The number of ether oxygens (including phenoxy) is 3. The summed E-state index contributed by atoms with van der Waals surface area (Å²) in [6.07, 6.45) is 1.48. The molecule has 1 N–H and O–H groups in total. The summed E-state index contributed by atoms with van der Waals surface area (Å²) in [4.78, 5) is 25.0. The van der Waals surface area contributed by atoms with Crippen LogP contribution in [0.4, 0.5) is 5.69 Å². The van der Waals surface area contributed by atoms with E-state index in [9.17, 15) is 14.9 Å². The largest absolute Gasteiger partial charge is 0.497 e. The van der Waals surface area contributed by atoms with E-state index in [4.69, 9.17) is 14.2 Å². The van der Waals surface area contributed by atoms with Gasteiger partial charge in [-0.25, -0.2) is 0 Å². The number of hydrogen-bond donors (Lipinski definition) is 1. The van der Waals surface area contributed by atoms with E-state index in [0.717, 1.165) is 0 Å². The standard InChI is InChI=1S/C27H24N2O5/c1-3-33-25-15-19(14-21(17-28)27(31)20-8-7-11-23(16-20)32-2)12-13-24(25)34-18-26(30)29-22-9-5-4-6-10-22/h4-16H,3,18H2,1-2H3,(H,29,30)/b21-14+. The van der Waals surface area contributed by atoms with Gasteiger partial charge in [-0.2, -0.15) is 5.26 Å². The van der Waals surface area contributed by atoms with Gasteiger partial charge in [0.2, 0.25) is 5.78 Å². The zero-order valence-electron chi connectivity index (χ0n) is 18.9. The Morgan fingerprint density at radius 3 is 2.47 bits per heavy atom. The predicted octanol–water partition coefficient (Wildman–Crippen LogP) is 4.90. The number of nitrogens with one attached hydrogen (secondary N) is 1. The van der Waals surface area contributed by atoms with E-state index < -0.39 is 5.78 Å². The highest BCUT2D eigenvalue weighted by Gasteiger charge is 2.14. The van der Waals surface area contributed by atoms with Crippen molar-refractivity contribution in [1.82, 2.24) is 0 Å². The molecule has 3 aromatic carbocycles. The lowest BCUT2D eigenvalue weighted by Gasteiger charge is -2.13. The van der Waals surface area contributed by atoms with Gasteiger partial charge in [-0.1, -0.05) is 36.4 Å². The second-order valence-corrected chi connectivity index (χ2v) is 7.07. The molecule has 172 valence electrons. The zero-order valence-corrected chi connectivity index (χ0v) is 18.9. The van der Waals surface area contributed by atoms with Crippen LogP contribution < -0.4 is 19.5 Å². The molecule has 0 atom stereocenters. The SMILES string of the molecule is CCOc1cc(/C=C(\C#N)C(=O)c2cccc(OC)c2)ccc1OCC(=O)Nc1ccccc1. The van der Waals surface area contributed by atoms with Crippen molar-refractivity contribution < 1.29 is 23.8 Å². The number of para-hydroxylation sites is 1. The highest BCUT2D eigenvalue weighted by molar-refractivity contribution is 6.14. The number of carbonyl (C=O) groups excluding carboxylic acids is 2. The lowest BCUT2D eigenvalue weighted by Crippen LogP contribution is -2.20. The Balaban J connectivity index is 1.76. The molecule has 0 aliphatic heterocycles. The second-order valence-electron chi connectivity index (χ2n) is 7.07. The number of rotatable bonds is 10. The Kier molecular flexibility index (Phi) is 8.42. The molecule has 0 heterocycles. The topological polar surface area (TPSA) is 97.7 Å². The summed E-state index contributed by atoms with van der Waals surface area (Å²) in [5.74, 6) is 0.569. The van der Waals surface area contributed by atoms with Crippen molar-refractivity contribution in [3.8, 4) is 23.3 Å². The number of nitrogens with zero attached hydrogens (tertiary/aromatic N) is 1. The first-order chi connectivity index (χ1) is 16.5. The number of hydrogen-bond acceptors (Lipinski definition) is 6. The van der Waals surface area contributed by atoms with E-state index in [1.165, 1.54) is 13.2 Å². The van der Waals surface area contributed by atoms with Crippen molar-refractivity contribution in [1.29, 1.82) is 5.26 Å². The van der Waals surface area contributed by atoms with Crippen molar-refractivity contribution in [3.05, 3.63) is 89.5 Å². The molecular weight excluding hydrogens is 432 g/mol. The molecule has 3 aromatic rings. The molecule has 0 unspecified atom stereocenters. The molecule has 0 aromatic heterocycles. The fraction of sp³-hybridized carbons (Fsp3) is 0.148. The molecule has 0 saturated carbocycles. The van der Waals surface area contributed by atoms with Gasteiger partial charge in [0.25, 0.3) is 5.91 Å². The average Bonchev–Trinajstić information content (AvgIpc) is 2.87. The Bertz CT molecular complexity index is 1230. The van der Waals surface area contributed by atoms with Gasteiger partial charge in [-0.3, -0.25) is 9.59 Å². The van der Waals surface area contributed by atoms with Crippen LogP contribution in [0.1, 0.15) is 22.8 Å². The first kappa shape index (κ1) is 24.1. The van der Waals surface area contributed by atoms with Crippen LogP contribution in [0.2, 0.25) is 0 Å². The van der Waals surface area contributed by atoms with Gasteiger partial charge >= 0.3 is 0 Å². The lowest BCUT2D eigenvalue weighted by atomic mass is 10.0. The van der Waals surface area contributed by atoms with Crippen LogP contribution in [0.15, 0.2) is 78.4 Å². The summed E-state index contributed by atoms with van der Waals surface area (Å²) in [7, 11) is 1.51. The molecule has 0 radical (unpaired) electrons. The third-order valence-electron chi connectivity index (χ3n) is 4.69. The molecule has 7 nitrogen and oxygen atoms in total. The Morgan fingerprint density at radius 1 is 0.971 bits per heavy atom. The molecule has 1 amide bonds. The number of amides is 1. The number of benzene rings is 3. The second kappa shape index (κ2) is 11.9. The Morgan fingerprint density at radius 2 is 1.76 bits per heavy atom. The summed E-state index contributed by atoms with van der Waals surface area (Å²) < 4.78 is 16.4. The first-order valence-electron chi connectivity index (χ1n) is 10.6. The summed E-state index contributed by atoms with van der Waals surface area (Å²) in [5.41, 5.74) is 1.57. The summed E-state index contributed by atoms with van der Waals surface area (Å²) in [6.45, 7) is 1.98. The molecule has 0 aliphatic rings. The number of allylic oxidation sites excluding steroid dienone is 1. The van der Waals surface area contributed by atoms with Crippen LogP contribution >= 0.6 is 0 Å². The van der Waals surface area contributed by atoms with Crippen LogP contribution in [-0.2, 0) is 4.79 Å². The van der Waals surface area contributed by atoms with Crippen LogP contribution in [-0.4, -0.2) is 32.0 Å². The van der Waals surface area contributed by atoms with E-state index in [-0.39, 0.29) is 18.1 Å². The van der Waals surface area contributed by atoms with Gasteiger partial charge in [0.1, 0.15) is 17.4 Å². The third-order valence-corrected chi connectivity index (χ3v) is 4.69. The average molecular weight is 456 g/mol. The molecular formula is C27H24N2O5. The van der Waals surface area contributed by atoms with Gasteiger partial charge in [0.15, 0.2) is 18.1 Å². The quantitative estimate of drug-likeness (QED) is 0.265. The highest BCUT2D eigenvalue weighted by Crippen LogP contribution is 2.30. The minimum atomic E-state index is -0.419. The molecule has 0 saturated heterocycles. The molecule has 0 bridgehead atoms. The molecule has 3 rings (SSSR count). The zero-order chi connectivity index (χ0) is 24.3. The van der Waals surface area contributed by atoms with Gasteiger partial charge in [0.05, 0.1) is 13.7 Å². The lowest BCUT2D eigenvalue weighted by molar-refractivity contribution is -0.118. The van der Waals surface area contributed by atoms with E-state index in [2.05, 4.69) is 5.32 Å². The molecule has 0 spiro atoms. The van der Waals surface area contributed by atoms with Crippen LogP contribution in [0.5, 0.6) is 17.2 Å². The number of methoxy groups -OCH3 is 1. The summed E-state index contributed by atoms with van der Waals surface area (Å²) >= 11 is 0. The van der Waals surface area contributed by atoms with Gasteiger partial charge in [-0.05, 0) is 55.0 Å². The number of anilines is 1. The maximum Gasteiger partial charge on any atom is 0.262 e. The summed E-state index contributed by atoms with van der Waals surface area (Å²) in [6, 6.07) is 22.6. The first-order valence-corrected chi connectivity index (χ1v) is 10.6. The van der Waals surface area contributed by atoms with Crippen molar-refractivity contribution in [2.75, 3.05) is 25.6 Å². The predicted molar refractivity (Wildman–Crippen MR) is 129 cm³/mol. The smallest absolute Gasteiger partial charge is 0.262 e.